The predicted molar refractivity (Wildman–Crippen MR) is 79.2 cm³/mol. The van der Waals surface area contributed by atoms with Crippen molar-refractivity contribution in [3.63, 3.8) is 0 Å². The first kappa shape index (κ1) is 15.3. The standard InChI is InChI=1S/C15H21N3O3/c1-9(2)17-13-11(5-4-6-16-13)14(19)18-7-10(3)12(8-18)15(20)21/h4-6,9-10,12H,7-8H2,1-3H3,(H,16,17)(H,20,21)/t10-,12-/m1/s1. The first-order valence-electron chi connectivity index (χ1n) is 7.13. The first-order chi connectivity index (χ1) is 9.90. The Morgan fingerprint density at radius 2 is 2.14 bits per heavy atom. The predicted octanol–water partition coefficient (Wildman–Crippen LogP) is 1.69. The number of anilines is 1. The molecular weight excluding hydrogens is 270 g/mol. The van der Waals surface area contributed by atoms with Crippen molar-refractivity contribution in [3.8, 4) is 0 Å². The molecule has 1 aliphatic heterocycles. The van der Waals surface area contributed by atoms with Gasteiger partial charge in [-0.05, 0) is 31.9 Å². The van der Waals surface area contributed by atoms with Crippen LogP contribution in [0.5, 0.6) is 0 Å². The van der Waals surface area contributed by atoms with Crippen LogP contribution in [0, 0.1) is 11.8 Å². The van der Waals surface area contributed by atoms with Crippen LogP contribution in [0.2, 0.25) is 0 Å². The van der Waals surface area contributed by atoms with Crippen LogP contribution in [0.15, 0.2) is 18.3 Å². The number of carboxylic acids is 1. The smallest absolute Gasteiger partial charge is 0.308 e. The number of pyridine rings is 1. The maximum Gasteiger partial charge on any atom is 0.308 e. The second kappa shape index (κ2) is 6.11. The van der Waals surface area contributed by atoms with Gasteiger partial charge in [-0.15, -0.1) is 0 Å². The average molecular weight is 291 g/mol. The topological polar surface area (TPSA) is 82.5 Å². The zero-order chi connectivity index (χ0) is 15.6. The number of carboxylic acid groups (broad SMARTS) is 1. The average Bonchev–Trinajstić information content (AvgIpc) is 2.80. The van der Waals surface area contributed by atoms with Gasteiger partial charge in [0.05, 0.1) is 11.5 Å². The summed E-state index contributed by atoms with van der Waals surface area (Å²) in [7, 11) is 0. The van der Waals surface area contributed by atoms with Crippen LogP contribution in [0.4, 0.5) is 5.82 Å². The molecule has 2 heterocycles. The van der Waals surface area contributed by atoms with E-state index in [0.29, 0.717) is 17.9 Å². The Morgan fingerprint density at radius 1 is 1.43 bits per heavy atom. The number of likely N-dealkylation sites (tertiary alicyclic amines) is 1. The number of nitrogens with zero attached hydrogens (tertiary/aromatic N) is 2. The SMILES string of the molecule is CC(C)Nc1ncccc1C(=O)N1C[C@@H](C)[C@H](C(=O)O)C1. The summed E-state index contributed by atoms with van der Waals surface area (Å²) in [5.41, 5.74) is 0.490. The molecule has 1 amide bonds. The molecule has 1 aliphatic rings. The molecule has 0 radical (unpaired) electrons. The van der Waals surface area contributed by atoms with Gasteiger partial charge in [0.15, 0.2) is 0 Å². The third-order valence-electron chi connectivity index (χ3n) is 3.68. The fourth-order valence-electron chi connectivity index (χ4n) is 2.59. The Balaban J connectivity index is 2.20. The van der Waals surface area contributed by atoms with E-state index in [0.717, 1.165) is 0 Å². The molecule has 0 aromatic carbocycles. The summed E-state index contributed by atoms with van der Waals surface area (Å²) in [6.45, 7) is 6.53. The second-order valence-electron chi connectivity index (χ2n) is 5.83. The van der Waals surface area contributed by atoms with E-state index in [-0.39, 0.29) is 24.4 Å². The highest BCUT2D eigenvalue weighted by atomic mass is 16.4. The van der Waals surface area contributed by atoms with E-state index in [1.807, 2.05) is 20.8 Å². The monoisotopic (exact) mass is 291 g/mol. The Kier molecular flexibility index (Phi) is 4.45. The highest BCUT2D eigenvalue weighted by Crippen LogP contribution is 2.26. The van der Waals surface area contributed by atoms with Gasteiger partial charge in [-0.25, -0.2) is 4.98 Å². The molecule has 1 aromatic heterocycles. The molecule has 0 saturated carbocycles. The molecule has 21 heavy (non-hydrogen) atoms. The van der Waals surface area contributed by atoms with E-state index in [2.05, 4.69) is 10.3 Å². The van der Waals surface area contributed by atoms with Crippen molar-refractivity contribution < 1.29 is 14.7 Å². The van der Waals surface area contributed by atoms with Crippen LogP contribution in [0.25, 0.3) is 0 Å². The molecule has 6 nitrogen and oxygen atoms in total. The van der Waals surface area contributed by atoms with Crippen LogP contribution in [-0.2, 0) is 4.79 Å². The minimum absolute atomic E-state index is 0.0374. The maximum atomic E-state index is 12.6. The summed E-state index contributed by atoms with van der Waals surface area (Å²) < 4.78 is 0. The van der Waals surface area contributed by atoms with Crippen molar-refractivity contribution >= 4 is 17.7 Å². The number of carbonyl (C=O) groups is 2. The molecule has 2 rings (SSSR count). The molecule has 0 bridgehead atoms. The Bertz CT molecular complexity index is 545. The zero-order valence-corrected chi connectivity index (χ0v) is 12.5. The number of hydrogen-bond donors (Lipinski definition) is 2. The number of hydrogen-bond acceptors (Lipinski definition) is 4. The third kappa shape index (κ3) is 3.32. The highest BCUT2D eigenvalue weighted by Gasteiger charge is 2.37. The van der Waals surface area contributed by atoms with Crippen molar-refractivity contribution in [1.29, 1.82) is 0 Å². The minimum Gasteiger partial charge on any atom is -0.481 e. The largest absolute Gasteiger partial charge is 0.481 e. The van der Waals surface area contributed by atoms with Crippen molar-refractivity contribution in [2.75, 3.05) is 18.4 Å². The number of rotatable bonds is 4. The molecule has 2 atom stereocenters. The van der Waals surface area contributed by atoms with Crippen LogP contribution < -0.4 is 5.32 Å². The third-order valence-corrected chi connectivity index (χ3v) is 3.68. The van der Waals surface area contributed by atoms with Gasteiger partial charge in [0.1, 0.15) is 5.82 Å². The van der Waals surface area contributed by atoms with Gasteiger partial charge < -0.3 is 15.3 Å². The minimum atomic E-state index is -0.843. The first-order valence-corrected chi connectivity index (χ1v) is 7.13. The van der Waals surface area contributed by atoms with E-state index < -0.39 is 11.9 Å². The van der Waals surface area contributed by atoms with E-state index in [4.69, 9.17) is 5.11 Å². The van der Waals surface area contributed by atoms with Gasteiger partial charge >= 0.3 is 5.97 Å². The summed E-state index contributed by atoms with van der Waals surface area (Å²) >= 11 is 0. The number of aromatic nitrogens is 1. The van der Waals surface area contributed by atoms with Crippen molar-refractivity contribution in [2.24, 2.45) is 11.8 Å². The Hall–Kier alpha value is -2.11. The summed E-state index contributed by atoms with van der Waals surface area (Å²) in [5, 5.41) is 12.3. The van der Waals surface area contributed by atoms with Gasteiger partial charge in [0.25, 0.3) is 5.91 Å². The molecule has 2 N–H and O–H groups in total. The molecule has 0 spiro atoms. The molecule has 6 heteroatoms. The quantitative estimate of drug-likeness (QED) is 0.882. The summed E-state index contributed by atoms with van der Waals surface area (Å²) in [5.74, 6) is -0.993. The molecule has 1 aromatic rings. The fraction of sp³-hybridized carbons (Fsp3) is 0.533. The van der Waals surface area contributed by atoms with Gasteiger partial charge in [0.2, 0.25) is 0 Å². The van der Waals surface area contributed by atoms with Crippen molar-refractivity contribution in [2.45, 2.75) is 26.8 Å². The molecule has 0 aliphatic carbocycles. The Labute approximate surface area is 124 Å². The lowest BCUT2D eigenvalue weighted by atomic mass is 9.99. The number of carbonyl (C=O) groups excluding carboxylic acids is 1. The van der Waals surface area contributed by atoms with E-state index in [1.165, 1.54) is 0 Å². The molecular formula is C15H21N3O3. The van der Waals surface area contributed by atoms with E-state index in [9.17, 15) is 9.59 Å². The molecule has 0 unspecified atom stereocenters. The van der Waals surface area contributed by atoms with E-state index in [1.54, 1.807) is 23.2 Å². The number of amides is 1. The fourth-order valence-corrected chi connectivity index (χ4v) is 2.59. The van der Waals surface area contributed by atoms with Crippen LogP contribution >= 0.6 is 0 Å². The zero-order valence-electron chi connectivity index (χ0n) is 12.5. The van der Waals surface area contributed by atoms with Crippen molar-refractivity contribution in [3.05, 3.63) is 23.9 Å². The van der Waals surface area contributed by atoms with Gasteiger partial charge in [0, 0.05) is 25.3 Å². The second-order valence-corrected chi connectivity index (χ2v) is 5.83. The van der Waals surface area contributed by atoms with Gasteiger partial charge in [-0.2, -0.15) is 0 Å². The summed E-state index contributed by atoms with van der Waals surface area (Å²) in [6, 6.07) is 3.60. The lowest BCUT2D eigenvalue weighted by Gasteiger charge is -2.19. The van der Waals surface area contributed by atoms with Crippen LogP contribution in [-0.4, -0.2) is 46.0 Å². The van der Waals surface area contributed by atoms with Gasteiger partial charge in [-0.3, -0.25) is 9.59 Å². The molecule has 1 saturated heterocycles. The van der Waals surface area contributed by atoms with Crippen LogP contribution in [0.3, 0.4) is 0 Å². The lowest BCUT2D eigenvalue weighted by molar-refractivity contribution is -0.142. The highest BCUT2D eigenvalue weighted by molar-refractivity contribution is 5.99. The lowest BCUT2D eigenvalue weighted by Crippen LogP contribution is -2.31. The normalized spacial score (nSPS) is 21.6. The number of nitrogens with one attached hydrogen (secondary N) is 1. The van der Waals surface area contributed by atoms with E-state index >= 15 is 0 Å². The maximum absolute atomic E-state index is 12.6. The van der Waals surface area contributed by atoms with Gasteiger partial charge in [-0.1, -0.05) is 6.92 Å². The molecule has 1 fully saturated rings. The Morgan fingerprint density at radius 3 is 2.71 bits per heavy atom. The number of aliphatic carboxylic acids is 1. The molecule has 114 valence electrons. The van der Waals surface area contributed by atoms with Crippen LogP contribution in [0.1, 0.15) is 31.1 Å². The summed E-state index contributed by atoms with van der Waals surface area (Å²) in [4.78, 5) is 29.6. The summed E-state index contributed by atoms with van der Waals surface area (Å²) in [6.07, 6.45) is 1.63. The van der Waals surface area contributed by atoms with Crippen molar-refractivity contribution in [1.82, 2.24) is 9.88 Å².